The van der Waals surface area contributed by atoms with Crippen LogP contribution in [0.2, 0.25) is 0 Å². The van der Waals surface area contributed by atoms with Gasteiger partial charge in [0.2, 0.25) is 0 Å². The Labute approximate surface area is 208 Å². The van der Waals surface area contributed by atoms with Crippen LogP contribution >= 0.6 is 11.8 Å². The van der Waals surface area contributed by atoms with Gasteiger partial charge in [-0.3, -0.25) is 15.1 Å². The molecule has 0 atom stereocenters. The van der Waals surface area contributed by atoms with E-state index in [2.05, 4.69) is 11.6 Å². The fourth-order valence-corrected chi connectivity index (χ4v) is 4.33. The zero-order chi connectivity index (χ0) is 24.8. The Balaban J connectivity index is 1.55. The zero-order valence-electron chi connectivity index (χ0n) is 19.4. The molecule has 0 aliphatic carbocycles. The van der Waals surface area contributed by atoms with Crippen LogP contribution in [0.5, 0.6) is 23.0 Å². The number of amides is 1. The summed E-state index contributed by atoms with van der Waals surface area (Å²) in [6, 6.07) is 11.1. The number of nitrogens with one attached hydrogen (secondary N) is 1. The Morgan fingerprint density at radius 3 is 2.57 bits per heavy atom. The lowest BCUT2D eigenvalue weighted by Crippen LogP contribution is -2.35. The van der Waals surface area contributed by atoms with Crippen LogP contribution in [0.25, 0.3) is 6.08 Å². The maximum atomic E-state index is 12.6. The van der Waals surface area contributed by atoms with Gasteiger partial charge in [-0.2, -0.15) is 4.99 Å². The van der Waals surface area contributed by atoms with Gasteiger partial charge in [0.15, 0.2) is 28.2 Å². The first kappa shape index (κ1) is 24.2. The van der Waals surface area contributed by atoms with Crippen molar-refractivity contribution in [3.8, 4) is 23.0 Å². The van der Waals surface area contributed by atoms with E-state index in [1.54, 1.807) is 48.9 Å². The van der Waals surface area contributed by atoms with Crippen LogP contribution < -0.4 is 18.9 Å². The smallest absolute Gasteiger partial charge is 0.283 e. The average molecular weight is 492 g/mol. The Morgan fingerprint density at radius 2 is 1.83 bits per heavy atom. The third kappa shape index (κ3) is 5.25. The fourth-order valence-electron chi connectivity index (χ4n) is 3.62. The van der Waals surface area contributed by atoms with E-state index in [1.165, 1.54) is 11.8 Å². The number of thioether (sulfide) groups is 1. The van der Waals surface area contributed by atoms with Gasteiger partial charge < -0.3 is 18.9 Å². The summed E-state index contributed by atoms with van der Waals surface area (Å²) in [5.41, 5.74) is 1.73. The van der Waals surface area contributed by atoms with Gasteiger partial charge in [-0.1, -0.05) is 30.0 Å². The Bertz CT molecular complexity index is 1250. The molecule has 180 valence electrons. The second-order valence-corrected chi connectivity index (χ2v) is 8.30. The molecule has 2 aliphatic rings. The maximum Gasteiger partial charge on any atom is 0.283 e. The van der Waals surface area contributed by atoms with Gasteiger partial charge in [-0.05, 0) is 47.7 Å². The molecule has 0 radical (unpaired) electrons. The summed E-state index contributed by atoms with van der Waals surface area (Å²) in [6.07, 6.45) is 5.65. The van der Waals surface area contributed by atoms with Crippen molar-refractivity contribution in [2.24, 2.45) is 4.99 Å². The summed E-state index contributed by atoms with van der Waals surface area (Å²) in [5, 5.41) is 10.7. The van der Waals surface area contributed by atoms with Crippen molar-refractivity contribution in [1.82, 2.24) is 4.90 Å². The summed E-state index contributed by atoms with van der Waals surface area (Å²) in [6.45, 7) is 4.42. The van der Waals surface area contributed by atoms with Crippen molar-refractivity contribution >= 4 is 34.7 Å². The number of hydrogen-bond acceptors (Lipinski definition) is 7. The quantitative estimate of drug-likeness (QED) is 0.293. The van der Waals surface area contributed by atoms with Crippen LogP contribution in [0.1, 0.15) is 11.1 Å². The number of carbonyl (C=O) groups excluding carboxylic acids is 1. The molecule has 2 aliphatic heterocycles. The molecule has 0 saturated heterocycles. The lowest BCUT2D eigenvalue weighted by Gasteiger charge is -2.22. The highest BCUT2D eigenvalue weighted by Crippen LogP contribution is 2.35. The first-order valence-corrected chi connectivity index (χ1v) is 11.7. The summed E-state index contributed by atoms with van der Waals surface area (Å²) < 4.78 is 22.7. The number of para-hydroxylation sites is 2. The molecule has 0 unspecified atom stereocenters. The zero-order valence-corrected chi connectivity index (χ0v) is 20.3. The van der Waals surface area contributed by atoms with Crippen LogP contribution in [-0.4, -0.2) is 49.2 Å². The summed E-state index contributed by atoms with van der Waals surface area (Å²) >= 11 is 1.31. The Hall–Kier alpha value is -3.98. The summed E-state index contributed by atoms with van der Waals surface area (Å²) in [4.78, 5) is 18.2. The standard InChI is InChI=1S/C26H25N3O5S/c1-4-7-18-14-17(15-19-24(27)29-10-13-35-26(29)28-25(19)30)16-22(32-3)23(18)34-12-11-33-21-9-6-5-8-20(21)31-2/h4-6,8-10,13-16,27H,1,7,11-12H2,2-3H3. The molecule has 0 saturated carbocycles. The molecule has 0 bridgehead atoms. The number of nitrogens with zero attached hydrogens (tertiary/aromatic N) is 2. The van der Waals surface area contributed by atoms with Crippen molar-refractivity contribution in [3.05, 3.63) is 77.4 Å². The third-order valence-electron chi connectivity index (χ3n) is 5.22. The second-order valence-electron chi connectivity index (χ2n) is 7.43. The maximum absolute atomic E-state index is 12.6. The third-order valence-corrected chi connectivity index (χ3v) is 5.98. The highest BCUT2D eigenvalue weighted by molar-refractivity contribution is 8.16. The van der Waals surface area contributed by atoms with E-state index in [0.29, 0.717) is 46.8 Å². The van der Waals surface area contributed by atoms with Crippen molar-refractivity contribution < 1.29 is 23.7 Å². The number of amidine groups is 2. The number of methoxy groups -OCH3 is 2. The number of fused-ring (bicyclic) bond motifs is 1. The molecular formula is C26H25N3O5S. The molecule has 0 aromatic heterocycles. The molecule has 0 spiro atoms. The number of aliphatic imine (C=N–C) groups is 1. The molecule has 1 amide bonds. The van der Waals surface area contributed by atoms with Gasteiger partial charge in [0.25, 0.3) is 5.91 Å². The van der Waals surface area contributed by atoms with Gasteiger partial charge in [0, 0.05) is 11.8 Å². The van der Waals surface area contributed by atoms with Crippen molar-refractivity contribution in [2.45, 2.75) is 6.42 Å². The van der Waals surface area contributed by atoms with Crippen molar-refractivity contribution in [3.63, 3.8) is 0 Å². The number of hydrogen-bond donors (Lipinski definition) is 1. The Kier molecular flexibility index (Phi) is 7.57. The molecule has 2 aromatic carbocycles. The molecule has 0 fully saturated rings. The van der Waals surface area contributed by atoms with Crippen LogP contribution in [0.4, 0.5) is 0 Å². The van der Waals surface area contributed by atoms with E-state index in [4.69, 9.17) is 24.4 Å². The number of ether oxygens (including phenoxy) is 4. The van der Waals surface area contributed by atoms with Gasteiger partial charge in [0.1, 0.15) is 19.0 Å². The monoisotopic (exact) mass is 491 g/mol. The molecule has 4 rings (SSSR count). The van der Waals surface area contributed by atoms with Crippen molar-refractivity contribution in [1.29, 1.82) is 5.41 Å². The minimum Gasteiger partial charge on any atom is -0.493 e. The summed E-state index contributed by atoms with van der Waals surface area (Å²) in [7, 11) is 3.15. The number of benzene rings is 2. The van der Waals surface area contributed by atoms with Crippen LogP contribution in [0.15, 0.2) is 71.2 Å². The SMILES string of the molecule is C=CCc1cc(C=C2C(=N)N3C=CSC3=NC2=O)cc(OC)c1OCCOc1ccccc1OC. The van der Waals surface area contributed by atoms with Crippen LogP contribution in [-0.2, 0) is 11.2 Å². The van der Waals surface area contributed by atoms with Gasteiger partial charge in [-0.25, -0.2) is 0 Å². The van der Waals surface area contributed by atoms with E-state index >= 15 is 0 Å². The van der Waals surface area contributed by atoms with Crippen molar-refractivity contribution in [2.75, 3.05) is 27.4 Å². The second kappa shape index (κ2) is 11.0. The molecular weight excluding hydrogens is 466 g/mol. The minimum absolute atomic E-state index is 0.0827. The van der Waals surface area contributed by atoms with E-state index in [0.717, 1.165) is 5.56 Å². The number of carbonyl (C=O) groups is 1. The van der Waals surface area contributed by atoms with Gasteiger partial charge in [-0.15, -0.1) is 6.58 Å². The fraction of sp³-hybridized carbons (Fsp3) is 0.192. The Morgan fingerprint density at radius 1 is 1.09 bits per heavy atom. The van der Waals surface area contributed by atoms with Gasteiger partial charge >= 0.3 is 0 Å². The predicted molar refractivity (Wildman–Crippen MR) is 138 cm³/mol. The molecule has 9 heteroatoms. The molecule has 35 heavy (non-hydrogen) atoms. The normalized spacial score (nSPS) is 15.7. The van der Waals surface area contributed by atoms with E-state index in [-0.39, 0.29) is 18.0 Å². The molecule has 1 N–H and O–H groups in total. The van der Waals surface area contributed by atoms with Crippen LogP contribution in [0, 0.1) is 5.41 Å². The number of allylic oxidation sites excluding steroid dienone is 1. The highest BCUT2D eigenvalue weighted by atomic mass is 32.2. The van der Waals surface area contributed by atoms with E-state index < -0.39 is 5.91 Å². The van der Waals surface area contributed by atoms with E-state index in [1.807, 2.05) is 30.3 Å². The first-order chi connectivity index (χ1) is 17.0. The first-order valence-electron chi connectivity index (χ1n) is 10.8. The highest BCUT2D eigenvalue weighted by Gasteiger charge is 2.31. The minimum atomic E-state index is -0.449. The molecule has 2 aromatic rings. The molecule has 8 nitrogen and oxygen atoms in total. The lowest BCUT2D eigenvalue weighted by molar-refractivity contribution is -0.114. The lowest BCUT2D eigenvalue weighted by atomic mass is 10.0. The largest absolute Gasteiger partial charge is 0.493 e. The summed E-state index contributed by atoms with van der Waals surface area (Å²) in [5.74, 6) is 1.99. The average Bonchev–Trinajstić information content (AvgIpc) is 3.34. The predicted octanol–water partition coefficient (Wildman–Crippen LogP) is 4.67. The number of rotatable bonds is 10. The molecule has 2 heterocycles. The topological polar surface area (TPSA) is 93.4 Å². The van der Waals surface area contributed by atoms with E-state index in [9.17, 15) is 4.79 Å². The van der Waals surface area contributed by atoms with Gasteiger partial charge in [0.05, 0.1) is 19.8 Å². The van der Waals surface area contributed by atoms with Crippen LogP contribution in [0.3, 0.4) is 0 Å².